The van der Waals surface area contributed by atoms with Crippen LogP contribution in [0.1, 0.15) is 18.0 Å². The van der Waals surface area contributed by atoms with Crippen LogP contribution in [0.4, 0.5) is 4.39 Å². The molecule has 1 rings (SSSR count). The molecular formula is C10H12FNO3. The molecule has 0 heterocycles. The zero-order valence-corrected chi connectivity index (χ0v) is 8.24. The number of hydrogen-bond acceptors (Lipinski definition) is 4. The van der Waals surface area contributed by atoms with Gasteiger partial charge in [0.15, 0.2) is 0 Å². The summed E-state index contributed by atoms with van der Waals surface area (Å²) in [4.78, 5) is 10.9. The van der Waals surface area contributed by atoms with Gasteiger partial charge in [0.25, 0.3) is 0 Å². The monoisotopic (exact) mass is 213 g/mol. The Morgan fingerprint density at radius 2 is 2.33 bits per heavy atom. The Labute approximate surface area is 86.5 Å². The van der Waals surface area contributed by atoms with E-state index in [2.05, 4.69) is 4.74 Å². The molecule has 1 unspecified atom stereocenters. The summed E-state index contributed by atoms with van der Waals surface area (Å²) in [6.07, 6.45) is -0.104. The first-order valence-corrected chi connectivity index (χ1v) is 4.35. The molecule has 0 fully saturated rings. The highest BCUT2D eigenvalue weighted by Gasteiger charge is 2.15. The minimum absolute atomic E-state index is 0.104. The summed E-state index contributed by atoms with van der Waals surface area (Å²) in [7, 11) is 1.24. The van der Waals surface area contributed by atoms with Gasteiger partial charge in [-0.25, -0.2) is 4.39 Å². The van der Waals surface area contributed by atoms with Crippen molar-refractivity contribution < 1.29 is 19.0 Å². The molecule has 1 aromatic carbocycles. The van der Waals surface area contributed by atoms with Crippen LogP contribution in [0, 0.1) is 5.82 Å². The Morgan fingerprint density at radius 3 is 2.93 bits per heavy atom. The minimum atomic E-state index is -0.770. The number of benzene rings is 1. The molecule has 0 aliphatic heterocycles. The second kappa shape index (κ2) is 4.75. The van der Waals surface area contributed by atoms with Gasteiger partial charge in [0.05, 0.1) is 13.5 Å². The number of nitrogens with two attached hydrogens (primary N) is 1. The van der Waals surface area contributed by atoms with Crippen molar-refractivity contribution in [1.29, 1.82) is 0 Å². The largest absolute Gasteiger partial charge is 0.508 e. The molecule has 5 heteroatoms. The lowest BCUT2D eigenvalue weighted by Gasteiger charge is -2.12. The minimum Gasteiger partial charge on any atom is -0.508 e. The number of phenolic OH excluding ortho intramolecular Hbond substituents is 1. The first-order chi connectivity index (χ1) is 7.04. The third-order valence-corrected chi connectivity index (χ3v) is 2.00. The second-order valence-electron chi connectivity index (χ2n) is 3.09. The molecule has 1 aromatic rings. The number of carbonyl (C=O) groups excluding carboxylic acids is 1. The van der Waals surface area contributed by atoms with Crippen molar-refractivity contribution in [2.24, 2.45) is 5.73 Å². The Bertz CT molecular complexity index is 368. The van der Waals surface area contributed by atoms with Crippen molar-refractivity contribution in [2.45, 2.75) is 12.5 Å². The standard InChI is InChI=1S/C10H12FNO3/c1-15-10(14)5-8(12)7-4-6(11)2-3-9(7)13/h2-4,8,13H,5,12H2,1H3. The van der Waals surface area contributed by atoms with E-state index < -0.39 is 17.8 Å². The molecule has 0 aromatic heterocycles. The van der Waals surface area contributed by atoms with E-state index in [1.54, 1.807) is 0 Å². The molecule has 82 valence electrons. The fourth-order valence-electron chi connectivity index (χ4n) is 1.20. The van der Waals surface area contributed by atoms with E-state index in [4.69, 9.17) is 5.73 Å². The predicted octanol–water partition coefficient (Wildman–Crippen LogP) is 1.09. The third-order valence-electron chi connectivity index (χ3n) is 2.00. The molecular weight excluding hydrogens is 201 g/mol. The molecule has 0 aliphatic rings. The Balaban J connectivity index is 2.85. The molecule has 15 heavy (non-hydrogen) atoms. The highest BCUT2D eigenvalue weighted by molar-refractivity contribution is 5.70. The Hall–Kier alpha value is -1.62. The Morgan fingerprint density at radius 1 is 1.67 bits per heavy atom. The lowest BCUT2D eigenvalue weighted by atomic mass is 10.0. The van der Waals surface area contributed by atoms with Gasteiger partial charge in [0, 0.05) is 11.6 Å². The number of methoxy groups -OCH3 is 1. The number of ether oxygens (including phenoxy) is 1. The number of rotatable bonds is 3. The molecule has 0 radical (unpaired) electrons. The molecule has 0 bridgehead atoms. The van der Waals surface area contributed by atoms with Gasteiger partial charge in [-0.05, 0) is 18.2 Å². The van der Waals surface area contributed by atoms with Crippen LogP contribution in [0.5, 0.6) is 5.75 Å². The summed E-state index contributed by atoms with van der Waals surface area (Å²) < 4.78 is 17.3. The third kappa shape index (κ3) is 2.92. The predicted molar refractivity (Wildman–Crippen MR) is 51.6 cm³/mol. The number of phenols is 1. The van der Waals surface area contributed by atoms with Crippen molar-refractivity contribution in [1.82, 2.24) is 0 Å². The zero-order chi connectivity index (χ0) is 11.4. The first-order valence-electron chi connectivity index (χ1n) is 4.35. The van der Waals surface area contributed by atoms with Crippen molar-refractivity contribution in [3.63, 3.8) is 0 Å². The Kier molecular flexibility index (Phi) is 3.62. The second-order valence-corrected chi connectivity index (χ2v) is 3.09. The fourth-order valence-corrected chi connectivity index (χ4v) is 1.20. The van der Waals surface area contributed by atoms with Crippen LogP contribution in [-0.2, 0) is 9.53 Å². The van der Waals surface area contributed by atoms with Crippen LogP contribution >= 0.6 is 0 Å². The van der Waals surface area contributed by atoms with Crippen molar-refractivity contribution in [3.05, 3.63) is 29.6 Å². The summed E-state index contributed by atoms with van der Waals surface area (Å²) in [6, 6.07) is 2.64. The maximum atomic E-state index is 12.8. The van der Waals surface area contributed by atoms with Crippen LogP contribution in [0.3, 0.4) is 0 Å². The summed E-state index contributed by atoms with van der Waals surface area (Å²) in [5.74, 6) is -1.15. The summed E-state index contributed by atoms with van der Waals surface area (Å²) in [5.41, 5.74) is 5.81. The van der Waals surface area contributed by atoms with E-state index in [0.29, 0.717) is 0 Å². The van der Waals surface area contributed by atoms with Crippen molar-refractivity contribution in [3.8, 4) is 5.75 Å². The summed E-state index contributed by atoms with van der Waals surface area (Å²) in [6.45, 7) is 0. The van der Waals surface area contributed by atoms with E-state index in [0.717, 1.165) is 12.1 Å². The highest BCUT2D eigenvalue weighted by Crippen LogP contribution is 2.25. The van der Waals surface area contributed by atoms with Gasteiger partial charge in [-0.3, -0.25) is 4.79 Å². The molecule has 0 spiro atoms. The molecule has 1 atom stereocenters. The summed E-state index contributed by atoms with van der Waals surface area (Å²) in [5, 5.41) is 9.39. The topological polar surface area (TPSA) is 72.5 Å². The van der Waals surface area contributed by atoms with Crippen LogP contribution in [0.25, 0.3) is 0 Å². The first kappa shape index (κ1) is 11.5. The van der Waals surface area contributed by atoms with Crippen molar-refractivity contribution in [2.75, 3.05) is 7.11 Å². The van der Waals surface area contributed by atoms with Gasteiger partial charge in [0.2, 0.25) is 0 Å². The van der Waals surface area contributed by atoms with Gasteiger partial charge in [-0.15, -0.1) is 0 Å². The average Bonchev–Trinajstić information content (AvgIpc) is 2.21. The quantitative estimate of drug-likeness (QED) is 0.737. The molecule has 3 N–H and O–H groups in total. The fraction of sp³-hybridized carbons (Fsp3) is 0.300. The molecule has 4 nitrogen and oxygen atoms in total. The molecule has 0 aliphatic carbocycles. The molecule has 0 saturated heterocycles. The lowest BCUT2D eigenvalue weighted by molar-refractivity contribution is -0.141. The van der Waals surface area contributed by atoms with Crippen LogP contribution in [0.2, 0.25) is 0 Å². The number of hydrogen-bond donors (Lipinski definition) is 2. The van der Waals surface area contributed by atoms with E-state index in [-0.39, 0.29) is 17.7 Å². The van der Waals surface area contributed by atoms with E-state index in [9.17, 15) is 14.3 Å². The van der Waals surface area contributed by atoms with E-state index >= 15 is 0 Å². The van der Waals surface area contributed by atoms with Crippen LogP contribution in [0.15, 0.2) is 18.2 Å². The number of aromatic hydroxyl groups is 1. The normalized spacial score (nSPS) is 12.2. The SMILES string of the molecule is COC(=O)CC(N)c1cc(F)ccc1O. The molecule has 0 saturated carbocycles. The van der Waals surface area contributed by atoms with Gasteiger partial charge in [-0.1, -0.05) is 0 Å². The smallest absolute Gasteiger partial charge is 0.307 e. The van der Waals surface area contributed by atoms with Gasteiger partial charge in [0.1, 0.15) is 11.6 Å². The highest BCUT2D eigenvalue weighted by atomic mass is 19.1. The van der Waals surface area contributed by atoms with E-state index in [1.165, 1.54) is 13.2 Å². The zero-order valence-electron chi connectivity index (χ0n) is 8.24. The average molecular weight is 213 g/mol. The van der Waals surface area contributed by atoms with Gasteiger partial charge in [-0.2, -0.15) is 0 Å². The summed E-state index contributed by atoms with van der Waals surface area (Å²) >= 11 is 0. The number of esters is 1. The van der Waals surface area contributed by atoms with Crippen LogP contribution < -0.4 is 5.73 Å². The van der Waals surface area contributed by atoms with Crippen molar-refractivity contribution >= 4 is 5.97 Å². The van der Waals surface area contributed by atoms with Gasteiger partial charge < -0.3 is 15.6 Å². The van der Waals surface area contributed by atoms with E-state index in [1.807, 2.05) is 0 Å². The maximum Gasteiger partial charge on any atom is 0.307 e. The lowest BCUT2D eigenvalue weighted by Crippen LogP contribution is -2.16. The maximum absolute atomic E-state index is 12.8. The van der Waals surface area contributed by atoms with Gasteiger partial charge >= 0.3 is 5.97 Å². The number of carbonyl (C=O) groups is 1. The van der Waals surface area contributed by atoms with Crippen LogP contribution in [-0.4, -0.2) is 18.2 Å². The number of halogens is 1. The molecule has 0 amide bonds.